The van der Waals surface area contributed by atoms with E-state index >= 15 is 0 Å². The minimum absolute atomic E-state index is 0.134. The zero-order chi connectivity index (χ0) is 20.9. The maximum atomic E-state index is 13.1. The Morgan fingerprint density at radius 1 is 1.07 bits per heavy atom. The van der Waals surface area contributed by atoms with Crippen LogP contribution in [0.4, 0.5) is 0 Å². The molecule has 0 spiro atoms. The lowest BCUT2D eigenvalue weighted by molar-refractivity contribution is -0.140. The van der Waals surface area contributed by atoms with Crippen LogP contribution in [-0.4, -0.2) is 28.3 Å². The molecule has 0 aliphatic heterocycles. The monoisotopic (exact) mass is 400 g/mol. The molecule has 0 fully saturated rings. The van der Waals surface area contributed by atoms with E-state index in [2.05, 4.69) is 5.32 Å². The second kappa shape index (κ2) is 9.24. The number of nitrogens with one attached hydrogen (secondary N) is 1. The van der Waals surface area contributed by atoms with Gasteiger partial charge in [-0.1, -0.05) is 59.6 Å². The van der Waals surface area contributed by atoms with Crippen molar-refractivity contribution >= 4 is 23.4 Å². The lowest BCUT2D eigenvalue weighted by atomic mass is 10.1. The van der Waals surface area contributed by atoms with Crippen LogP contribution in [0.3, 0.4) is 0 Å². The summed E-state index contributed by atoms with van der Waals surface area (Å²) in [6, 6.07) is 14.7. The smallest absolute Gasteiger partial charge is 0.242 e. The predicted molar refractivity (Wildman–Crippen MR) is 114 cm³/mol. The van der Waals surface area contributed by atoms with E-state index in [0.717, 1.165) is 16.7 Å². The van der Waals surface area contributed by atoms with Gasteiger partial charge in [-0.25, -0.2) is 0 Å². The summed E-state index contributed by atoms with van der Waals surface area (Å²) >= 11 is 6.23. The van der Waals surface area contributed by atoms with Gasteiger partial charge in [0.1, 0.15) is 6.04 Å². The summed E-state index contributed by atoms with van der Waals surface area (Å²) in [6.45, 7) is 9.92. The van der Waals surface area contributed by atoms with Gasteiger partial charge in [-0.05, 0) is 51.8 Å². The number of amides is 2. The fourth-order valence-electron chi connectivity index (χ4n) is 2.85. The van der Waals surface area contributed by atoms with Crippen LogP contribution in [0.2, 0.25) is 5.02 Å². The Balaban J connectivity index is 2.26. The molecule has 0 bridgehead atoms. The molecule has 0 saturated carbocycles. The molecule has 0 aliphatic carbocycles. The highest BCUT2D eigenvalue weighted by Gasteiger charge is 2.28. The van der Waals surface area contributed by atoms with Crippen molar-refractivity contribution < 1.29 is 9.59 Å². The van der Waals surface area contributed by atoms with E-state index in [1.54, 1.807) is 17.9 Å². The molecule has 150 valence electrons. The Labute approximate surface area is 172 Å². The van der Waals surface area contributed by atoms with E-state index in [9.17, 15) is 9.59 Å². The van der Waals surface area contributed by atoms with Gasteiger partial charge >= 0.3 is 0 Å². The minimum atomic E-state index is -0.601. The van der Waals surface area contributed by atoms with Crippen LogP contribution >= 0.6 is 11.6 Å². The average molecular weight is 401 g/mol. The summed E-state index contributed by atoms with van der Waals surface area (Å²) in [5.41, 5.74) is 2.52. The standard InChI is InChI=1S/C23H29ClN2O2/c1-16-10-12-18(13-11-16)15-26(17(2)22(28)25-23(3,4)5)21(27)14-19-8-6-7-9-20(19)24/h6-13,17H,14-15H2,1-5H3,(H,25,28)/t17-/m1/s1. The van der Waals surface area contributed by atoms with Crippen molar-refractivity contribution in [3.05, 3.63) is 70.2 Å². The van der Waals surface area contributed by atoms with Crippen LogP contribution in [-0.2, 0) is 22.6 Å². The van der Waals surface area contributed by atoms with E-state index in [4.69, 9.17) is 11.6 Å². The third kappa shape index (κ3) is 6.38. The van der Waals surface area contributed by atoms with E-state index in [1.807, 2.05) is 70.2 Å². The van der Waals surface area contributed by atoms with Gasteiger partial charge in [-0.15, -0.1) is 0 Å². The molecule has 0 saturated heterocycles. The zero-order valence-electron chi connectivity index (χ0n) is 17.3. The topological polar surface area (TPSA) is 49.4 Å². The van der Waals surface area contributed by atoms with E-state index in [-0.39, 0.29) is 23.8 Å². The van der Waals surface area contributed by atoms with Crippen molar-refractivity contribution in [3.63, 3.8) is 0 Å². The molecule has 2 aromatic rings. The number of hydrogen-bond donors (Lipinski definition) is 1. The molecule has 0 aliphatic rings. The van der Waals surface area contributed by atoms with Gasteiger partial charge in [0, 0.05) is 17.1 Å². The third-order valence-electron chi connectivity index (χ3n) is 4.44. The fraction of sp³-hybridized carbons (Fsp3) is 0.391. The van der Waals surface area contributed by atoms with Crippen molar-refractivity contribution in [2.45, 2.75) is 59.2 Å². The summed E-state index contributed by atoms with van der Waals surface area (Å²) in [4.78, 5) is 27.5. The van der Waals surface area contributed by atoms with Crippen LogP contribution in [0.1, 0.15) is 44.4 Å². The van der Waals surface area contributed by atoms with E-state index in [1.165, 1.54) is 0 Å². The lowest BCUT2D eigenvalue weighted by Crippen LogP contribution is -2.52. The Morgan fingerprint density at radius 3 is 2.25 bits per heavy atom. The van der Waals surface area contributed by atoms with Gasteiger partial charge in [0.15, 0.2) is 0 Å². The number of aryl methyl sites for hydroxylation is 1. The second-order valence-electron chi connectivity index (χ2n) is 8.19. The maximum Gasteiger partial charge on any atom is 0.242 e. The van der Waals surface area contributed by atoms with Gasteiger partial charge in [0.05, 0.1) is 6.42 Å². The van der Waals surface area contributed by atoms with Crippen molar-refractivity contribution in [1.82, 2.24) is 10.2 Å². The minimum Gasteiger partial charge on any atom is -0.350 e. The lowest BCUT2D eigenvalue weighted by Gasteiger charge is -2.31. The number of hydrogen-bond acceptors (Lipinski definition) is 2. The Hall–Kier alpha value is -2.33. The highest BCUT2D eigenvalue weighted by molar-refractivity contribution is 6.31. The van der Waals surface area contributed by atoms with Gasteiger partial charge in [0.2, 0.25) is 11.8 Å². The van der Waals surface area contributed by atoms with Gasteiger partial charge in [-0.2, -0.15) is 0 Å². The predicted octanol–water partition coefficient (Wildman–Crippen LogP) is 4.52. The first-order valence-corrected chi connectivity index (χ1v) is 9.85. The van der Waals surface area contributed by atoms with Crippen LogP contribution in [0.25, 0.3) is 0 Å². The van der Waals surface area contributed by atoms with Crippen LogP contribution in [0.15, 0.2) is 48.5 Å². The van der Waals surface area contributed by atoms with Gasteiger partial charge in [0.25, 0.3) is 0 Å². The van der Waals surface area contributed by atoms with E-state index in [0.29, 0.717) is 11.6 Å². The quantitative estimate of drug-likeness (QED) is 0.774. The number of benzene rings is 2. The van der Waals surface area contributed by atoms with Gasteiger partial charge in [-0.3, -0.25) is 9.59 Å². The second-order valence-corrected chi connectivity index (χ2v) is 8.60. The fourth-order valence-corrected chi connectivity index (χ4v) is 3.06. The van der Waals surface area contributed by atoms with E-state index < -0.39 is 6.04 Å². The Morgan fingerprint density at radius 2 is 1.68 bits per heavy atom. The first kappa shape index (κ1) is 22.0. The molecule has 0 aromatic heterocycles. The summed E-state index contributed by atoms with van der Waals surface area (Å²) in [5, 5.41) is 3.52. The molecule has 5 heteroatoms. The first-order valence-electron chi connectivity index (χ1n) is 9.47. The molecule has 28 heavy (non-hydrogen) atoms. The van der Waals surface area contributed by atoms with Crippen molar-refractivity contribution in [2.75, 3.05) is 0 Å². The molecular weight excluding hydrogens is 372 g/mol. The number of rotatable bonds is 6. The molecular formula is C23H29ClN2O2. The molecule has 0 unspecified atom stereocenters. The molecule has 1 atom stereocenters. The molecule has 2 aromatic carbocycles. The third-order valence-corrected chi connectivity index (χ3v) is 4.81. The number of nitrogens with zero attached hydrogens (tertiary/aromatic N) is 1. The van der Waals surface area contributed by atoms with Crippen LogP contribution < -0.4 is 5.32 Å². The highest BCUT2D eigenvalue weighted by atomic mass is 35.5. The SMILES string of the molecule is Cc1ccc(CN(C(=O)Cc2ccccc2Cl)[C@H](C)C(=O)NC(C)(C)C)cc1. The van der Waals surface area contributed by atoms with Crippen LogP contribution in [0.5, 0.6) is 0 Å². The summed E-state index contributed by atoms with van der Waals surface area (Å²) in [6.07, 6.45) is 0.151. The number of halogens is 1. The molecule has 4 nitrogen and oxygen atoms in total. The summed E-state index contributed by atoms with van der Waals surface area (Å²) < 4.78 is 0. The van der Waals surface area contributed by atoms with Crippen molar-refractivity contribution in [2.24, 2.45) is 0 Å². The number of carbonyl (C=O) groups is 2. The van der Waals surface area contributed by atoms with Crippen molar-refractivity contribution in [1.29, 1.82) is 0 Å². The highest BCUT2D eigenvalue weighted by Crippen LogP contribution is 2.19. The molecule has 2 amide bonds. The Bertz CT molecular complexity index is 825. The zero-order valence-corrected chi connectivity index (χ0v) is 18.0. The Kier molecular flexibility index (Phi) is 7.25. The van der Waals surface area contributed by atoms with Crippen LogP contribution in [0, 0.1) is 6.92 Å². The molecule has 0 heterocycles. The average Bonchev–Trinajstić information content (AvgIpc) is 2.61. The normalized spacial score (nSPS) is 12.4. The van der Waals surface area contributed by atoms with Crippen molar-refractivity contribution in [3.8, 4) is 0 Å². The largest absolute Gasteiger partial charge is 0.350 e. The maximum absolute atomic E-state index is 13.1. The molecule has 1 N–H and O–H groups in total. The molecule has 2 rings (SSSR count). The molecule has 0 radical (unpaired) electrons. The number of carbonyl (C=O) groups excluding carboxylic acids is 2. The van der Waals surface area contributed by atoms with Gasteiger partial charge < -0.3 is 10.2 Å². The first-order chi connectivity index (χ1) is 13.1. The summed E-state index contributed by atoms with van der Waals surface area (Å²) in [7, 11) is 0. The summed E-state index contributed by atoms with van der Waals surface area (Å²) in [5.74, 6) is -0.308.